The second kappa shape index (κ2) is 9.26. The molecule has 3 aromatic rings. The van der Waals surface area contributed by atoms with Crippen LogP contribution < -0.4 is 4.31 Å². The molecule has 1 atom stereocenters. The molecular formula is C21H18Cl2N4O6S2. The van der Waals surface area contributed by atoms with E-state index >= 15 is 0 Å². The minimum absolute atomic E-state index is 0.0308. The SMILES string of the molecule is CS(=O)(=O)c1cnc(-n2ccc3cc(N(CC(=O)O)S(=O)(=O)C4C=C(Cl)C=C(Cl)C4)ccc32)cn1. The number of benzene rings is 1. The molecule has 10 nitrogen and oxygen atoms in total. The van der Waals surface area contributed by atoms with E-state index in [1.54, 1.807) is 22.9 Å². The zero-order valence-corrected chi connectivity index (χ0v) is 21.2. The van der Waals surface area contributed by atoms with E-state index in [9.17, 15) is 26.7 Å². The monoisotopic (exact) mass is 556 g/mol. The number of sulfone groups is 1. The predicted molar refractivity (Wildman–Crippen MR) is 132 cm³/mol. The van der Waals surface area contributed by atoms with Crippen LogP contribution in [0, 0.1) is 0 Å². The molecule has 1 aliphatic rings. The third-order valence-corrected chi connectivity index (χ3v) is 8.70. The fraction of sp³-hybridized carbons (Fsp3) is 0.190. The van der Waals surface area contributed by atoms with Crippen LogP contribution in [0.3, 0.4) is 0 Å². The Morgan fingerprint density at radius 1 is 1.17 bits per heavy atom. The molecule has 1 aliphatic carbocycles. The highest BCUT2D eigenvalue weighted by atomic mass is 35.5. The van der Waals surface area contributed by atoms with E-state index in [0.29, 0.717) is 16.7 Å². The number of halogens is 2. The van der Waals surface area contributed by atoms with E-state index in [-0.39, 0.29) is 27.2 Å². The summed E-state index contributed by atoms with van der Waals surface area (Å²) in [6.45, 7) is -0.795. The van der Waals surface area contributed by atoms with Gasteiger partial charge in [0.15, 0.2) is 20.7 Å². The maximum Gasteiger partial charge on any atom is 0.324 e. The maximum absolute atomic E-state index is 13.4. The molecule has 2 heterocycles. The zero-order chi connectivity index (χ0) is 25.5. The molecule has 35 heavy (non-hydrogen) atoms. The molecule has 0 aliphatic heterocycles. The van der Waals surface area contributed by atoms with E-state index in [4.69, 9.17) is 23.2 Å². The summed E-state index contributed by atoms with van der Waals surface area (Å²) in [5.74, 6) is -0.987. The summed E-state index contributed by atoms with van der Waals surface area (Å²) in [6.07, 6.45) is 7.87. The molecule has 2 aromatic heterocycles. The van der Waals surface area contributed by atoms with Gasteiger partial charge in [-0.05, 0) is 36.4 Å². The van der Waals surface area contributed by atoms with Gasteiger partial charge in [-0.15, -0.1) is 0 Å². The Balaban J connectivity index is 1.74. The lowest BCUT2D eigenvalue weighted by Gasteiger charge is -2.28. The van der Waals surface area contributed by atoms with Crippen LogP contribution in [0.5, 0.6) is 0 Å². The molecule has 1 aromatic carbocycles. The Labute approximate surface area is 211 Å². The van der Waals surface area contributed by atoms with Crippen molar-refractivity contribution in [2.24, 2.45) is 0 Å². The fourth-order valence-corrected chi connectivity index (χ4v) is 6.61. The first kappa shape index (κ1) is 25.2. The highest BCUT2D eigenvalue weighted by Gasteiger charge is 2.34. The van der Waals surface area contributed by atoms with Crippen molar-refractivity contribution < 1.29 is 26.7 Å². The molecule has 0 amide bonds. The zero-order valence-electron chi connectivity index (χ0n) is 18.0. The number of rotatable bonds is 7. The Morgan fingerprint density at radius 3 is 2.51 bits per heavy atom. The van der Waals surface area contributed by atoms with Gasteiger partial charge in [0.2, 0.25) is 10.0 Å². The van der Waals surface area contributed by atoms with Gasteiger partial charge < -0.3 is 5.11 Å². The van der Waals surface area contributed by atoms with Gasteiger partial charge in [-0.2, -0.15) is 0 Å². The second-order valence-electron chi connectivity index (χ2n) is 7.74. The van der Waals surface area contributed by atoms with Crippen LogP contribution in [-0.4, -0.2) is 60.5 Å². The van der Waals surface area contributed by atoms with Gasteiger partial charge in [-0.3, -0.25) is 13.7 Å². The number of hydrogen-bond donors (Lipinski definition) is 1. The van der Waals surface area contributed by atoms with Gasteiger partial charge in [0.05, 0.1) is 23.6 Å². The van der Waals surface area contributed by atoms with Crippen LogP contribution in [0.4, 0.5) is 5.69 Å². The van der Waals surface area contributed by atoms with E-state index in [0.717, 1.165) is 16.8 Å². The minimum atomic E-state index is -4.19. The standard InChI is InChI=1S/C21H18Cl2N4O6S2/c1-34(30,31)20-11-24-19(10-25-20)26-5-4-13-6-16(2-3-18(13)26)27(12-21(28)29)35(32,33)17-8-14(22)7-15(23)9-17/h2-8,10-11,17H,9,12H2,1H3,(H,28,29). The van der Waals surface area contributed by atoms with Crippen LogP contribution >= 0.6 is 23.2 Å². The minimum Gasteiger partial charge on any atom is -0.480 e. The van der Waals surface area contributed by atoms with Gasteiger partial charge in [0.1, 0.15) is 11.8 Å². The molecule has 0 saturated carbocycles. The van der Waals surface area contributed by atoms with Crippen LogP contribution in [0.1, 0.15) is 6.42 Å². The fourth-order valence-electron chi connectivity index (χ4n) is 3.60. The van der Waals surface area contributed by atoms with Crippen LogP contribution in [0.2, 0.25) is 0 Å². The quantitative estimate of drug-likeness (QED) is 0.468. The number of anilines is 1. The third-order valence-electron chi connectivity index (χ3n) is 5.21. The number of fused-ring (bicyclic) bond motifs is 1. The Morgan fingerprint density at radius 2 is 1.91 bits per heavy atom. The number of aliphatic carboxylic acids is 1. The first-order valence-corrected chi connectivity index (χ1v) is 14.1. The number of carboxylic acid groups (broad SMARTS) is 1. The summed E-state index contributed by atoms with van der Waals surface area (Å²) in [4.78, 5) is 19.6. The predicted octanol–water partition coefficient (Wildman–Crippen LogP) is 3.06. The van der Waals surface area contributed by atoms with Crippen molar-refractivity contribution in [1.82, 2.24) is 14.5 Å². The molecular weight excluding hydrogens is 539 g/mol. The normalized spacial score (nSPS) is 16.6. The maximum atomic E-state index is 13.4. The van der Waals surface area contributed by atoms with Crippen molar-refractivity contribution >= 4 is 65.6 Å². The molecule has 0 spiro atoms. The number of sulfonamides is 1. The molecule has 0 saturated heterocycles. The van der Waals surface area contributed by atoms with Crippen LogP contribution in [0.25, 0.3) is 16.7 Å². The summed E-state index contributed by atoms with van der Waals surface area (Å²) in [6, 6.07) is 6.31. The first-order valence-electron chi connectivity index (χ1n) is 9.96. The van der Waals surface area contributed by atoms with E-state index in [2.05, 4.69) is 9.97 Å². The van der Waals surface area contributed by atoms with Crippen molar-refractivity contribution in [3.8, 4) is 5.82 Å². The summed E-state index contributed by atoms with van der Waals surface area (Å²) in [5, 5.41) is 9.11. The number of nitrogens with zero attached hydrogens (tertiary/aromatic N) is 4. The largest absolute Gasteiger partial charge is 0.480 e. The highest BCUT2D eigenvalue weighted by molar-refractivity contribution is 7.93. The number of aromatic nitrogens is 3. The van der Waals surface area contributed by atoms with Crippen molar-refractivity contribution in [2.75, 3.05) is 17.1 Å². The van der Waals surface area contributed by atoms with Gasteiger partial charge in [-0.25, -0.2) is 26.8 Å². The second-order valence-corrected chi connectivity index (χ2v) is 12.7. The molecule has 4 rings (SSSR count). The molecule has 0 fully saturated rings. The summed E-state index contributed by atoms with van der Waals surface area (Å²) >= 11 is 12.0. The van der Waals surface area contributed by atoms with Crippen LogP contribution in [0.15, 0.2) is 70.1 Å². The summed E-state index contributed by atoms with van der Waals surface area (Å²) in [7, 11) is -7.69. The average Bonchev–Trinajstić information content (AvgIpc) is 3.19. The smallest absolute Gasteiger partial charge is 0.324 e. The van der Waals surface area contributed by atoms with Crippen LogP contribution in [-0.2, 0) is 24.7 Å². The Hall–Kier alpha value is -2.93. The summed E-state index contributed by atoms with van der Waals surface area (Å²) in [5.41, 5.74) is 0.765. The molecule has 0 bridgehead atoms. The molecule has 0 radical (unpaired) electrons. The lowest BCUT2D eigenvalue weighted by atomic mass is 10.2. The van der Waals surface area contributed by atoms with Gasteiger partial charge >= 0.3 is 5.97 Å². The topological polar surface area (TPSA) is 140 Å². The highest BCUT2D eigenvalue weighted by Crippen LogP contribution is 2.32. The first-order chi connectivity index (χ1) is 16.4. The molecule has 184 valence electrons. The van der Waals surface area contributed by atoms with Crippen molar-refractivity contribution in [2.45, 2.75) is 16.7 Å². The number of hydrogen-bond acceptors (Lipinski definition) is 7. The average molecular weight is 557 g/mol. The van der Waals surface area contributed by atoms with Crippen molar-refractivity contribution in [1.29, 1.82) is 0 Å². The van der Waals surface area contributed by atoms with Crippen molar-refractivity contribution in [3.63, 3.8) is 0 Å². The Kier molecular flexibility index (Phi) is 6.66. The molecule has 1 N–H and O–H groups in total. The van der Waals surface area contributed by atoms with E-state index < -0.39 is 37.6 Å². The number of carboxylic acids is 1. The van der Waals surface area contributed by atoms with Crippen molar-refractivity contribution in [3.05, 3.63) is 65.1 Å². The third kappa shape index (κ3) is 5.20. The van der Waals surface area contributed by atoms with E-state index in [1.165, 1.54) is 30.5 Å². The van der Waals surface area contributed by atoms with E-state index in [1.807, 2.05) is 0 Å². The molecule has 14 heteroatoms. The lowest BCUT2D eigenvalue weighted by Crippen LogP contribution is -2.41. The Bertz CT molecular complexity index is 1600. The number of carbonyl (C=O) groups is 1. The van der Waals surface area contributed by atoms with Gasteiger partial charge in [0.25, 0.3) is 0 Å². The lowest BCUT2D eigenvalue weighted by molar-refractivity contribution is -0.135. The van der Waals surface area contributed by atoms with Gasteiger partial charge in [0, 0.05) is 34.3 Å². The molecule has 1 unspecified atom stereocenters. The number of allylic oxidation sites excluding steroid dienone is 3. The van der Waals surface area contributed by atoms with Gasteiger partial charge in [-0.1, -0.05) is 23.2 Å². The summed E-state index contributed by atoms with van der Waals surface area (Å²) < 4.78 is 52.5.